The third-order valence-corrected chi connectivity index (χ3v) is 2.65. The van der Waals surface area contributed by atoms with Crippen molar-refractivity contribution in [3.8, 4) is 11.5 Å². The summed E-state index contributed by atoms with van der Waals surface area (Å²) in [7, 11) is 0. The van der Waals surface area contributed by atoms with Crippen LogP contribution in [0, 0.1) is 22.0 Å². The first-order valence-corrected chi connectivity index (χ1v) is 7.28. The normalized spacial score (nSPS) is 11.0. The molecule has 31 heavy (non-hydrogen) atoms. The zero-order valence-electron chi connectivity index (χ0n) is 14.6. The Morgan fingerprint density at radius 3 is 1.77 bits per heavy atom. The Hall–Kier alpha value is -2.80. The predicted octanol–water partition coefficient (Wildman–Crippen LogP) is 3.81. The van der Waals surface area contributed by atoms with Crippen LogP contribution < -0.4 is 15.2 Å². The molecule has 2 rings (SSSR count). The number of alkyl halides is 6. The van der Waals surface area contributed by atoms with Crippen LogP contribution in [-0.4, -0.2) is 40.5 Å². The molecule has 0 amide bonds. The van der Waals surface area contributed by atoms with Crippen LogP contribution >= 0.6 is 0 Å². The molecule has 0 fully saturated rings. The molecule has 2 aromatic heterocycles. The number of nitrogens with two attached hydrogens (primary N) is 1. The third-order valence-electron chi connectivity index (χ3n) is 2.65. The Balaban J connectivity index is 0.000000567. The number of hydrogen-bond acceptors (Lipinski definition) is 7. The maximum Gasteiger partial charge on any atom is 0.422 e. The first kappa shape index (κ1) is 28.2. The summed E-state index contributed by atoms with van der Waals surface area (Å²) < 4.78 is 104. The molecule has 0 aliphatic rings. The van der Waals surface area contributed by atoms with Crippen LogP contribution in [0.2, 0.25) is 0 Å². The average molecular weight is 557 g/mol. The number of nitro groups is 1. The summed E-state index contributed by atoms with van der Waals surface area (Å²) in [6.45, 7) is -3.25. The van der Waals surface area contributed by atoms with Crippen molar-refractivity contribution in [1.29, 1.82) is 0 Å². The molecule has 0 bridgehead atoms. The van der Waals surface area contributed by atoms with E-state index in [9.17, 15) is 45.2 Å². The second-order valence-corrected chi connectivity index (χ2v) is 5.08. The van der Waals surface area contributed by atoms with E-state index >= 15 is 0 Å². The molecule has 0 atom stereocenters. The number of halogens is 8. The molecule has 0 aliphatic carbocycles. The number of hydrogen-bond donors (Lipinski definition) is 1. The molecule has 2 N–H and O–H groups in total. The van der Waals surface area contributed by atoms with Gasteiger partial charge in [0, 0.05) is 32.6 Å². The number of aromatic nitrogens is 2. The van der Waals surface area contributed by atoms with E-state index in [2.05, 4.69) is 19.4 Å². The Labute approximate surface area is 181 Å². The van der Waals surface area contributed by atoms with Gasteiger partial charge in [-0.05, 0) is 0 Å². The van der Waals surface area contributed by atoms with Crippen LogP contribution in [0.5, 0.6) is 11.5 Å². The van der Waals surface area contributed by atoms with Crippen molar-refractivity contribution in [2.24, 2.45) is 0 Å². The van der Waals surface area contributed by atoms with Gasteiger partial charge >= 0.3 is 18.0 Å². The summed E-state index contributed by atoms with van der Waals surface area (Å²) >= 11 is 0. The Morgan fingerprint density at radius 1 is 0.903 bits per heavy atom. The van der Waals surface area contributed by atoms with Crippen molar-refractivity contribution in [3.63, 3.8) is 0 Å². The first-order valence-electron chi connectivity index (χ1n) is 7.28. The predicted molar refractivity (Wildman–Crippen MR) is 82.6 cm³/mol. The van der Waals surface area contributed by atoms with Crippen molar-refractivity contribution in [1.82, 2.24) is 9.97 Å². The van der Waals surface area contributed by atoms with Crippen molar-refractivity contribution in [2.45, 2.75) is 12.4 Å². The summed E-state index contributed by atoms with van der Waals surface area (Å²) in [5.74, 6) is -3.29. The molecule has 0 saturated heterocycles. The van der Waals surface area contributed by atoms with E-state index in [-0.39, 0.29) is 31.9 Å². The maximum absolute atomic E-state index is 12.5. The standard InChI is InChI=1S/C7H4F4N2O3.C7H6F4N2O.Pd/c8-6-1-5(16-3-7(9,10)11)4(2-12-6)13(14)15;8-6-1-5(4(12)2-13-6)14-3-7(9,10)11;/h1-2H,3H2;1-2H,3,12H2;. The molecule has 0 unspecified atom stereocenters. The van der Waals surface area contributed by atoms with Gasteiger partial charge in [0.15, 0.2) is 13.2 Å². The minimum absolute atomic E-state index is 0. The second kappa shape index (κ2) is 11.6. The van der Waals surface area contributed by atoms with E-state index in [4.69, 9.17) is 5.73 Å². The molecule has 0 saturated carbocycles. The molecule has 2 heterocycles. The Morgan fingerprint density at radius 2 is 1.32 bits per heavy atom. The molecule has 17 heteroatoms. The van der Waals surface area contributed by atoms with Gasteiger partial charge in [-0.3, -0.25) is 10.1 Å². The topological polar surface area (TPSA) is 113 Å². The van der Waals surface area contributed by atoms with Gasteiger partial charge in [-0.2, -0.15) is 35.1 Å². The van der Waals surface area contributed by atoms with E-state index in [0.717, 1.165) is 6.20 Å². The fraction of sp³-hybridized carbons (Fsp3) is 0.286. The van der Waals surface area contributed by atoms with Crippen LogP contribution in [0.25, 0.3) is 0 Å². The maximum atomic E-state index is 12.5. The molecule has 0 aromatic carbocycles. The quantitative estimate of drug-likeness (QED) is 0.196. The minimum Gasteiger partial charge on any atom is -0.482 e. The van der Waals surface area contributed by atoms with E-state index in [0.29, 0.717) is 18.3 Å². The molecule has 8 nitrogen and oxygen atoms in total. The fourth-order valence-corrected chi connectivity index (χ4v) is 1.53. The number of nitrogens with zero attached hydrogens (tertiary/aromatic N) is 3. The smallest absolute Gasteiger partial charge is 0.422 e. The van der Waals surface area contributed by atoms with E-state index in [1.54, 1.807) is 0 Å². The largest absolute Gasteiger partial charge is 0.482 e. The molecular weight excluding hydrogens is 547 g/mol. The fourth-order valence-electron chi connectivity index (χ4n) is 1.53. The minimum atomic E-state index is -4.66. The van der Waals surface area contributed by atoms with Gasteiger partial charge < -0.3 is 15.2 Å². The molecule has 0 radical (unpaired) electrons. The summed E-state index contributed by atoms with van der Waals surface area (Å²) in [6, 6.07) is 1.12. The first-order chi connectivity index (χ1) is 13.7. The summed E-state index contributed by atoms with van der Waals surface area (Å²) in [5.41, 5.74) is 4.23. The molecular formula is C14H10F8N4O4Pd. The SMILES string of the molecule is Nc1cnc(F)cc1OCC(F)(F)F.O=[N+]([O-])c1cnc(F)cc1OCC(F)(F)F.[Pd]. The van der Waals surface area contributed by atoms with Gasteiger partial charge in [0.1, 0.15) is 11.9 Å². The van der Waals surface area contributed by atoms with Crippen molar-refractivity contribution >= 4 is 11.4 Å². The molecule has 0 spiro atoms. The van der Waals surface area contributed by atoms with Crippen LogP contribution in [0.4, 0.5) is 46.5 Å². The zero-order valence-corrected chi connectivity index (χ0v) is 16.2. The van der Waals surface area contributed by atoms with E-state index in [1.807, 2.05) is 0 Å². The average Bonchev–Trinajstić information content (AvgIpc) is 2.60. The van der Waals surface area contributed by atoms with E-state index in [1.165, 1.54) is 0 Å². The van der Waals surface area contributed by atoms with Crippen LogP contribution in [0.1, 0.15) is 0 Å². The van der Waals surface area contributed by atoms with E-state index < -0.39 is 53.8 Å². The van der Waals surface area contributed by atoms with Crippen LogP contribution in [0.15, 0.2) is 24.5 Å². The summed E-state index contributed by atoms with van der Waals surface area (Å²) in [5, 5.41) is 10.3. The van der Waals surface area contributed by atoms with Gasteiger partial charge in [-0.25, -0.2) is 9.97 Å². The second-order valence-electron chi connectivity index (χ2n) is 5.08. The van der Waals surface area contributed by atoms with Crippen molar-refractivity contribution < 1.29 is 69.9 Å². The monoisotopic (exact) mass is 556 g/mol. The molecule has 176 valence electrons. The zero-order chi connectivity index (χ0) is 23.1. The molecule has 2 aromatic rings. The Bertz CT molecular complexity index is 882. The molecule has 0 aliphatic heterocycles. The van der Waals surface area contributed by atoms with Crippen LogP contribution in [-0.2, 0) is 20.4 Å². The number of nitrogen functional groups attached to an aromatic ring is 1. The summed E-state index contributed by atoms with van der Waals surface area (Å²) in [6.07, 6.45) is -7.76. The number of pyridine rings is 2. The van der Waals surface area contributed by atoms with Crippen LogP contribution in [0.3, 0.4) is 0 Å². The van der Waals surface area contributed by atoms with Crippen molar-refractivity contribution in [3.05, 3.63) is 46.5 Å². The summed E-state index contributed by atoms with van der Waals surface area (Å²) in [4.78, 5) is 15.4. The number of anilines is 1. The number of ether oxygens (including phenoxy) is 2. The van der Waals surface area contributed by atoms with Gasteiger partial charge in [-0.1, -0.05) is 0 Å². The van der Waals surface area contributed by atoms with Gasteiger partial charge in [0.2, 0.25) is 17.6 Å². The van der Waals surface area contributed by atoms with Gasteiger partial charge in [0.05, 0.1) is 16.8 Å². The Kier molecular flexibility index (Phi) is 10.5. The van der Waals surface area contributed by atoms with Crippen molar-refractivity contribution in [2.75, 3.05) is 18.9 Å². The third kappa shape index (κ3) is 11.2. The van der Waals surface area contributed by atoms with Gasteiger partial charge in [-0.15, -0.1) is 0 Å². The number of rotatable bonds is 5. The van der Waals surface area contributed by atoms with Gasteiger partial charge in [0.25, 0.3) is 0 Å².